The lowest BCUT2D eigenvalue weighted by Gasteiger charge is -2.04. The van der Waals surface area contributed by atoms with E-state index in [-0.39, 0.29) is 15.8 Å². The molecule has 0 amide bonds. The molecule has 1 aromatic rings. The molecule has 0 aliphatic heterocycles. The molecule has 0 fully saturated rings. The van der Waals surface area contributed by atoms with Crippen LogP contribution in [0.5, 0.6) is 5.75 Å². The van der Waals surface area contributed by atoms with Gasteiger partial charge in [-0.3, -0.25) is 0 Å². The number of rotatable bonds is 1. The number of aromatic nitrogens is 1. The number of alkyl halides is 2. The maximum absolute atomic E-state index is 12.2. The minimum atomic E-state index is -2.63. The van der Waals surface area contributed by atoms with Gasteiger partial charge in [-0.1, -0.05) is 0 Å². The number of halogens is 4. The largest absolute Gasteiger partial charge is 0.504 e. The molecule has 1 aromatic heterocycles. The minimum absolute atomic E-state index is 0.0110. The molecule has 66 valence electrons. The summed E-state index contributed by atoms with van der Waals surface area (Å²) < 4.78 is 24.6. The van der Waals surface area contributed by atoms with E-state index in [2.05, 4.69) is 20.9 Å². The Hall–Kier alpha value is 0.0200. The Bertz CT molecular complexity index is 308. The summed E-state index contributed by atoms with van der Waals surface area (Å²) in [5.41, 5.74) is -0.298. The van der Waals surface area contributed by atoms with E-state index in [1.165, 1.54) is 0 Å². The number of hydrogen-bond donors (Lipinski definition) is 1. The van der Waals surface area contributed by atoms with Crippen LogP contribution in [0.25, 0.3) is 0 Å². The molecule has 0 saturated carbocycles. The fraction of sp³-hybridized carbons (Fsp3) is 0.167. The van der Waals surface area contributed by atoms with Gasteiger partial charge in [0.1, 0.15) is 3.70 Å². The molecule has 0 aromatic carbocycles. The van der Waals surface area contributed by atoms with E-state index < -0.39 is 6.43 Å². The lowest BCUT2D eigenvalue weighted by molar-refractivity contribution is 0.149. The Morgan fingerprint density at radius 1 is 1.58 bits per heavy atom. The zero-order valence-corrected chi connectivity index (χ0v) is 9.30. The molecular weight excluding hydrogens is 347 g/mol. The highest BCUT2D eigenvalue weighted by molar-refractivity contribution is 14.1. The summed E-state index contributed by atoms with van der Waals surface area (Å²) >= 11 is 4.61. The first-order valence-corrected chi connectivity index (χ1v) is 4.72. The van der Waals surface area contributed by atoms with Crippen molar-refractivity contribution in [1.82, 2.24) is 4.98 Å². The Kier molecular flexibility index (Phi) is 3.22. The zero-order valence-electron chi connectivity index (χ0n) is 5.56. The summed E-state index contributed by atoms with van der Waals surface area (Å²) in [7, 11) is 0. The van der Waals surface area contributed by atoms with Crippen molar-refractivity contribution in [2.75, 3.05) is 0 Å². The molecule has 1 N–H and O–H groups in total. The SMILES string of the molecule is Oc1c(I)ncc(C(F)F)c1Br. The van der Waals surface area contributed by atoms with Crippen molar-refractivity contribution in [3.8, 4) is 5.75 Å². The maximum atomic E-state index is 12.2. The van der Waals surface area contributed by atoms with Gasteiger partial charge < -0.3 is 5.11 Å². The van der Waals surface area contributed by atoms with Gasteiger partial charge in [-0.05, 0) is 38.5 Å². The number of hydrogen-bond acceptors (Lipinski definition) is 2. The second-order valence-electron chi connectivity index (χ2n) is 1.97. The van der Waals surface area contributed by atoms with Gasteiger partial charge in [0.15, 0.2) is 5.75 Å². The van der Waals surface area contributed by atoms with E-state index in [0.717, 1.165) is 6.20 Å². The standard InChI is InChI=1S/C6H3BrF2INO/c7-3-2(5(8)9)1-11-6(10)4(3)12/h1,5,12H. The number of aromatic hydroxyl groups is 1. The monoisotopic (exact) mass is 349 g/mol. The highest BCUT2D eigenvalue weighted by atomic mass is 127. The number of nitrogens with zero attached hydrogens (tertiary/aromatic N) is 1. The lowest BCUT2D eigenvalue weighted by Crippen LogP contribution is -1.91. The third-order valence-electron chi connectivity index (χ3n) is 1.21. The first-order valence-electron chi connectivity index (χ1n) is 2.85. The number of pyridine rings is 1. The zero-order chi connectivity index (χ0) is 9.30. The molecule has 0 bridgehead atoms. The van der Waals surface area contributed by atoms with Gasteiger partial charge >= 0.3 is 0 Å². The summed E-state index contributed by atoms with van der Waals surface area (Å²) in [5, 5.41) is 9.19. The molecule has 6 heteroatoms. The fourth-order valence-electron chi connectivity index (χ4n) is 0.623. The first kappa shape index (κ1) is 10.1. The molecule has 0 unspecified atom stereocenters. The topological polar surface area (TPSA) is 33.1 Å². The van der Waals surface area contributed by atoms with E-state index in [1.807, 2.05) is 0 Å². The van der Waals surface area contributed by atoms with Crippen LogP contribution in [0.15, 0.2) is 10.7 Å². The summed E-state index contributed by atoms with van der Waals surface area (Å²) in [6, 6.07) is 0. The smallest absolute Gasteiger partial charge is 0.266 e. The van der Waals surface area contributed by atoms with Gasteiger partial charge in [0, 0.05) is 6.20 Å². The second-order valence-corrected chi connectivity index (χ2v) is 3.78. The van der Waals surface area contributed by atoms with Crippen LogP contribution in [-0.4, -0.2) is 10.1 Å². The normalized spacial score (nSPS) is 10.8. The van der Waals surface area contributed by atoms with Crippen molar-refractivity contribution >= 4 is 38.5 Å². The van der Waals surface area contributed by atoms with Crippen molar-refractivity contribution in [2.24, 2.45) is 0 Å². The predicted octanol–water partition coefficient (Wildman–Crippen LogP) is 3.09. The van der Waals surface area contributed by atoms with Gasteiger partial charge in [-0.2, -0.15) is 0 Å². The van der Waals surface area contributed by atoms with Crippen molar-refractivity contribution in [1.29, 1.82) is 0 Å². The average Bonchev–Trinajstić information content (AvgIpc) is 2.00. The summed E-state index contributed by atoms with van der Waals surface area (Å²) in [5.74, 6) is -0.242. The molecule has 0 atom stereocenters. The average molecular weight is 350 g/mol. The molecule has 1 rings (SSSR count). The van der Waals surface area contributed by atoms with E-state index >= 15 is 0 Å². The fourth-order valence-corrected chi connectivity index (χ4v) is 1.87. The van der Waals surface area contributed by atoms with Crippen LogP contribution in [0.2, 0.25) is 0 Å². The van der Waals surface area contributed by atoms with Crippen LogP contribution in [0, 0.1) is 3.70 Å². The predicted molar refractivity (Wildman–Crippen MR) is 51.3 cm³/mol. The van der Waals surface area contributed by atoms with Gasteiger partial charge in [0.25, 0.3) is 6.43 Å². The molecule has 0 aliphatic rings. The van der Waals surface area contributed by atoms with Crippen LogP contribution < -0.4 is 0 Å². The highest BCUT2D eigenvalue weighted by Crippen LogP contribution is 2.35. The van der Waals surface area contributed by atoms with E-state index in [0.29, 0.717) is 3.70 Å². The quantitative estimate of drug-likeness (QED) is 0.624. The van der Waals surface area contributed by atoms with Crippen LogP contribution in [0.1, 0.15) is 12.0 Å². The lowest BCUT2D eigenvalue weighted by atomic mass is 10.3. The van der Waals surface area contributed by atoms with Crippen molar-refractivity contribution in [2.45, 2.75) is 6.43 Å². The molecule has 0 radical (unpaired) electrons. The molecule has 0 spiro atoms. The van der Waals surface area contributed by atoms with Crippen LogP contribution in [-0.2, 0) is 0 Å². The first-order chi connectivity index (χ1) is 5.54. The van der Waals surface area contributed by atoms with E-state index in [9.17, 15) is 13.9 Å². The summed E-state index contributed by atoms with van der Waals surface area (Å²) in [4.78, 5) is 3.59. The second kappa shape index (κ2) is 3.82. The molecule has 0 saturated heterocycles. The minimum Gasteiger partial charge on any atom is -0.504 e. The van der Waals surface area contributed by atoms with Crippen LogP contribution in [0.3, 0.4) is 0 Å². The summed E-state index contributed by atoms with van der Waals surface area (Å²) in [6.45, 7) is 0. The third kappa shape index (κ3) is 1.85. The summed E-state index contributed by atoms with van der Waals surface area (Å²) in [6.07, 6.45) is -1.59. The Morgan fingerprint density at radius 3 is 2.67 bits per heavy atom. The van der Waals surface area contributed by atoms with Gasteiger partial charge in [0.05, 0.1) is 10.0 Å². The third-order valence-corrected chi connectivity index (χ3v) is 2.83. The Morgan fingerprint density at radius 2 is 2.17 bits per heavy atom. The van der Waals surface area contributed by atoms with E-state index in [4.69, 9.17) is 0 Å². The van der Waals surface area contributed by atoms with Gasteiger partial charge in [-0.15, -0.1) is 0 Å². The maximum Gasteiger partial charge on any atom is 0.266 e. The van der Waals surface area contributed by atoms with Crippen molar-refractivity contribution < 1.29 is 13.9 Å². The molecule has 1 heterocycles. The molecule has 0 aliphatic carbocycles. The molecular formula is C6H3BrF2INO. The molecule has 2 nitrogen and oxygen atoms in total. The molecule has 12 heavy (non-hydrogen) atoms. The highest BCUT2D eigenvalue weighted by Gasteiger charge is 2.16. The van der Waals surface area contributed by atoms with Gasteiger partial charge in [0.2, 0.25) is 0 Å². The Balaban J connectivity index is 3.27. The van der Waals surface area contributed by atoms with Crippen LogP contribution >= 0.6 is 38.5 Å². The van der Waals surface area contributed by atoms with E-state index in [1.54, 1.807) is 22.6 Å². The van der Waals surface area contributed by atoms with Gasteiger partial charge in [-0.25, -0.2) is 13.8 Å². The Labute approximate surface area is 89.3 Å². The van der Waals surface area contributed by atoms with Crippen molar-refractivity contribution in [3.63, 3.8) is 0 Å². The van der Waals surface area contributed by atoms with Crippen molar-refractivity contribution in [3.05, 3.63) is 19.9 Å². The van der Waals surface area contributed by atoms with Crippen LogP contribution in [0.4, 0.5) is 8.78 Å².